The number of carbonyl (C=O) groups excluding carboxylic acids is 1. The number of piperidine rings is 1. The second kappa shape index (κ2) is 13.0. The maximum Gasteiger partial charge on any atom is 0.417 e. The highest BCUT2D eigenvalue weighted by Crippen LogP contribution is 2.48. The van der Waals surface area contributed by atoms with Gasteiger partial charge < -0.3 is 19.5 Å². The molecule has 4 aromatic rings. The first-order chi connectivity index (χ1) is 24.4. The number of rotatable bonds is 8. The van der Waals surface area contributed by atoms with Crippen LogP contribution in [0.15, 0.2) is 41.2 Å². The van der Waals surface area contributed by atoms with Crippen molar-refractivity contribution in [3.05, 3.63) is 69.4 Å². The zero-order valence-corrected chi connectivity index (χ0v) is 29.3. The maximum absolute atomic E-state index is 14.0. The van der Waals surface area contributed by atoms with Gasteiger partial charge in [-0.05, 0) is 101 Å². The quantitative estimate of drug-likeness (QED) is 0.214. The summed E-state index contributed by atoms with van der Waals surface area (Å²) in [5.41, 5.74) is -0.181. The lowest BCUT2D eigenvalue weighted by Crippen LogP contribution is -2.60. The number of hydrogen-bond acceptors (Lipinski definition) is 8. The van der Waals surface area contributed by atoms with Gasteiger partial charge >= 0.3 is 6.18 Å². The summed E-state index contributed by atoms with van der Waals surface area (Å²) in [5.74, 6) is 1.35. The first kappa shape index (κ1) is 34.5. The number of anilines is 2. The van der Waals surface area contributed by atoms with Crippen LogP contribution >= 0.6 is 12.2 Å². The number of nitrogens with zero attached hydrogens (tertiary/aromatic N) is 7. The SMILES string of the molecule is CCCc1nc(C)c2c(=O)[nH]c(-c3cc(N4CCC(N5C(=S)N(c6ccc(C#N)c(C(F)(F)F)c6)C(=O)C56CCC6)CC4)ccc3OCC)nn12. The second-order valence-corrected chi connectivity index (χ2v) is 13.6. The van der Waals surface area contributed by atoms with Gasteiger partial charge in [-0.25, -0.2) is 9.50 Å². The molecule has 2 saturated heterocycles. The number of nitriles is 1. The van der Waals surface area contributed by atoms with Crippen molar-refractivity contribution in [1.82, 2.24) is 24.5 Å². The first-order valence-corrected chi connectivity index (χ1v) is 17.6. The van der Waals surface area contributed by atoms with Crippen molar-refractivity contribution >= 4 is 40.1 Å². The van der Waals surface area contributed by atoms with Crippen LogP contribution in [0.3, 0.4) is 0 Å². The van der Waals surface area contributed by atoms with Gasteiger partial charge in [0.2, 0.25) is 0 Å². The number of halogens is 3. The molecular weight excluding hydrogens is 682 g/mol. The number of aromatic amines is 1. The smallest absolute Gasteiger partial charge is 0.417 e. The van der Waals surface area contributed by atoms with Crippen molar-refractivity contribution in [2.24, 2.45) is 0 Å². The molecule has 0 unspecified atom stereocenters. The van der Waals surface area contributed by atoms with Crippen molar-refractivity contribution in [3.8, 4) is 23.2 Å². The molecule has 0 bridgehead atoms. The Labute approximate surface area is 297 Å². The van der Waals surface area contributed by atoms with Gasteiger partial charge in [0.25, 0.3) is 11.5 Å². The molecule has 266 valence electrons. The summed E-state index contributed by atoms with van der Waals surface area (Å²) in [6.45, 7) is 7.40. The zero-order valence-electron chi connectivity index (χ0n) is 28.5. The molecule has 11 nitrogen and oxygen atoms in total. The fourth-order valence-corrected chi connectivity index (χ4v) is 8.21. The van der Waals surface area contributed by atoms with Gasteiger partial charge in [0.15, 0.2) is 16.5 Å². The molecule has 1 amide bonds. The highest BCUT2D eigenvalue weighted by Gasteiger charge is 2.61. The minimum absolute atomic E-state index is 0.0157. The Morgan fingerprint density at radius 2 is 1.82 bits per heavy atom. The molecule has 4 heterocycles. The molecule has 3 aliphatic rings. The lowest BCUT2D eigenvalue weighted by atomic mass is 9.74. The van der Waals surface area contributed by atoms with Crippen LogP contribution in [-0.2, 0) is 17.4 Å². The topological polar surface area (TPSA) is 123 Å². The van der Waals surface area contributed by atoms with Crippen LogP contribution < -0.4 is 20.1 Å². The number of ether oxygens (including phenoxy) is 1. The van der Waals surface area contributed by atoms with E-state index in [1.165, 1.54) is 11.0 Å². The van der Waals surface area contributed by atoms with E-state index in [4.69, 9.17) is 22.1 Å². The molecule has 7 rings (SSSR count). The molecule has 0 atom stereocenters. The number of aromatic nitrogens is 4. The van der Waals surface area contributed by atoms with E-state index in [0.717, 1.165) is 36.5 Å². The molecule has 51 heavy (non-hydrogen) atoms. The number of nitrogens with one attached hydrogen (secondary N) is 1. The normalized spacial score (nSPS) is 17.8. The molecular formula is C36H37F3N8O3S. The fourth-order valence-electron chi connectivity index (χ4n) is 7.70. The molecule has 1 spiro atoms. The summed E-state index contributed by atoms with van der Waals surface area (Å²) in [7, 11) is 0. The molecule has 15 heteroatoms. The third-order valence-corrected chi connectivity index (χ3v) is 10.6. The highest BCUT2D eigenvalue weighted by molar-refractivity contribution is 7.80. The zero-order chi connectivity index (χ0) is 36.2. The number of thiocarbonyl (C=S) groups is 1. The Hall–Kier alpha value is -4.97. The van der Waals surface area contributed by atoms with Crippen molar-refractivity contribution in [1.29, 1.82) is 5.26 Å². The Kier molecular flexibility index (Phi) is 8.77. The Morgan fingerprint density at radius 3 is 2.45 bits per heavy atom. The summed E-state index contributed by atoms with van der Waals surface area (Å²) in [6.07, 6.45) is 0.0203. The van der Waals surface area contributed by atoms with E-state index in [2.05, 4.69) is 14.9 Å². The number of imidazole rings is 1. The number of alkyl halides is 3. The lowest BCUT2D eigenvalue weighted by molar-refractivity contribution is -0.138. The van der Waals surface area contributed by atoms with Gasteiger partial charge in [0.05, 0.1) is 40.7 Å². The van der Waals surface area contributed by atoms with E-state index in [0.29, 0.717) is 80.1 Å². The maximum atomic E-state index is 14.0. The second-order valence-electron chi connectivity index (χ2n) is 13.3. The van der Waals surface area contributed by atoms with E-state index in [9.17, 15) is 28.0 Å². The summed E-state index contributed by atoms with van der Waals surface area (Å²) in [5, 5.41) is 14.3. The van der Waals surface area contributed by atoms with Crippen LogP contribution in [0.25, 0.3) is 16.9 Å². The van der Waals surface area contributed by atoms with E-state index in [1.807, 2.05) is 36.9 Å². The van der Waals surface area contributed by atoms with Gasteiger partial charge in [0.1, 0.15) is 17.1 Å². The van der Waals surface area contributed by atoms with Crippen molar-refractivity contribution in [2.75, 3.05) is 29.5 Å². The third-order valence-electron chi connectivity index (χ3n) is 10.3. The number of fused-ring (bicyclic) bond motifs is 1. The molecule has 2 aliphatic heterocycles. The Morgan fingerprint density at radius 1 is 1.10 bits per heavy atom. The summed E-state index contributed by atoms with van der Waals surface area (Å²) < 4.78 is 49.1. The minimum Gasteiger partial charge on any atom is -0.493 e. The van der Waals surface area contributed by atoms with Gasteiger partial charge in [0, 0.05) is 31.2 Å². The average Bonchev–Trinajstić information content (AvgIpc) is 3.53. The van der Waals surface area contributed by atoms with Crippen molar-refractivity contribution < 1.29 is 22.7 Å². The number of carbonyl (C=O) groups is 1. The fraction of sp³-hybridized carbons (Fsp3) is 0.444. The van der Waals surface area contributed by atoms with E-state index in [-0.39, 0.29) is 28.3 Å². The minimum atomic E-state index is -4.76. The number of H-pyrrole nitrogens is 1. The molecule has 0 radical (unpaired) electrons. The van der Waals surface area contributed by atoms with Gasteiger partial charge in [-0.15, -0.1) is 5.10 Å². The molecule has 3 fully saturated rings. The van der Waals surface area contributed by atoms with Crippen LogP contribution in [0.5, 0.6) is 5.75 Å². The summed E-state index contributed by atoms with van der Waals surface area (Å²) >= 11 is 5.87. The van der Waals surface area contributed by atoms with Crippen molar-refractivity contribution in [2.45, 2.75) is 83.5 Å². The van der Waals surface area contributed by atoms with Gasteiger partial charge in [-0.3, -0.25) is 14.5 Å². The van der Waals surface area contributed by atoms with Crippen LogP contribution in [0.2, 0.25) is 0 Å². The third kappa shape index (κ3) is 5.69. The number of amides is 1. The predicted octanol–water partition coefficient (Wildman–Crippen LogP) is 6.16. The average molecular weight is 719 g/mol. The van der Waals surface area contributed by atoms with E-state index in [1.54, 1.807) is 17.5 Å². The number of benzene rings is 2. The van der Waals surface area contributed by atoms with E-state index < -0.39 is 22.8 Å². The molecule has 1 N–H and O–H groups in total. The number of hydrogen-bond donors (Lipinski definition) is 1. The van der Waals surface area contributed by atoms with E-state index >= 15 is 0 Å². The van der Waals surface area contributed by atoms with Crippen molar-refractivity contribution in [3.63, 3.8) is 0 Å². The Balaban J connectivity index is 1.16. The first-order valence-electron chi connectivity index (χ1n) is 17.2. The van der Waals surface area contributed by atoms with Crippen LogP contribution in [0, 0.1) is 18.3 Å². The van der Waals surface area contributed by atoms with Crippen LogP contribution in [-0.4, -0.2) is 66.8 Å². The lowest BCUT2D eigenvalue weighted by Gasteiger charge is -2.49. The van der Waals surface area contributed by atoms with Crippen LogP contribution in [0.1, 0.15) is 75.0 Å². The van der Waals surface area contributed by atoms with Gasteiger partial charge in [-0.2, -0.15) is 18.4 Å². The Bertz CT molecular complexity index is 2140. The molecule has 1 saturated carbocycles. The summed E-state index contributed by atoms with van der Waals surface area (Å²) in [6, 6.07) is 10.6. The molecule has 2 aromatic heterocycles. The summed E-state index contributed by atoms with van der Waals surface area (Å²) in [4.78, 5) is 40.2. The van der Waals surface area contributed by atoms with Crippen LogP contribution in [0.4, 0.5) is 24.5 Å². The molecule has 1 aliphatic carbocycles. The highest BCUT2D eigenvalue weighted by atomic mass is 32.1. The molecule has 2 aromatic carbocycles. The monoisotopic (exact) mass is 718 g/mol. The predicted molar refractivity (Wildman–Crippen MR) is 189 cm³/mol. The largest absolute Gasteiger partial charge is 0.493 e. The van der Waals surface area contributed by atoms with Gasteiger partial charge in [-0.1, -0.05) is 6.92 Å². The standard InChI is InChI=1S/C36H37F3N8O3S/c1-4-7-29-41-21(3)30-32(48)42-31(43-47(29)30)26-18-24(10-11-28(26)50-5-2)44-16-12-23(13-17-44)46-34(51)45(33(49)35(46)14-6-15-35)25-9-8-22(20-40)27(19-25)36(37,38)39/h8-11,18-19,23H,4-7,12-17H2,1-3H3,(H,42,43,48). The number of aryl methyl sites for hydroxylation is 2.